The number of nitriles is 1. The van der Waals surface area contributed by atoms with Gasteiger partial charge in [-0.15, -0.1) is 0 Å². The second-order valence-electron chi connectivity index (χ2n) is 4.82. The number of nitrogens with zero attached hydrogens (tertiary/aromatic N) is 3. The smallest absolute Gasteiger partial charge is 0.152 e. The molecule has 3 rings (SSSR count). The molecular formula is C16H12ClN3. The lowest BCUT2D eigenvalue weighted by Gasteiger charge is -2.02. The van der Waals surface area contributed by atoms with Crippen LogP contribution in [0.1, 0.15) is 16.8 Å². The molecule has 0 spiro atoms. The van der Waals surface area contributed by atoms with E-state index in [1.807, 2.05) is 54.8 Å². The highest BCUT2D eigenvalue weighted by Crippen LogP contribution is 2.27. The Morgan fingerprint density at radius 1 is 1.20 bits per heavy atom. The highest BCUT2D eigenvalue weighted by atomic mass is 35.5. The van der Waals surface area contributed by atoms with Crippen molar-refractivity contribution in [3.63, 3.8) is 0 Å². The lowest BCUT2D eigenvalue weighted by atomic mass is 10.1. The molecule has 3 nitrogen and oxygen atoms in total. The van der Waals surface area contributed by atoms with Crippen LogP contribution in [0.3, 0.4) is 0 Å². The molecule has 98 valence electrons. The molecule has 0 radical (unpaired) electrons. The predicted molar refractivity (Wildman–Crippen MR) is 79.8 cm³/mol. The van der Waals surface area contributed by atoms with Gasteiger partial charge in [0.2, 0.25) is 0 Å². The number of benzene rings is 1. The molecule has 20 heavy (non-hydrogen) atoms. The number of halogens is 1. The van der Waals surface area contributed by atoms with E-state index in [1.54, 1.807) is 0 Å². The van der Waals surface area contributed by atoms with Crippen molar-refractivity contribution in [3.8, 4) is 17.3 Å². The second kappa shape index (κ2) is 4.66. The molecule has 0 N–H and O–H groups in total. The standard InChI is InChI=1S/C16H12ClN3/c1-10-3-6-15-19-16(14(8-18)20(15)9-10)12-4-5-13(17)11(2)7-12/h3-7,9H,1-2H3. The summed E-state index contributed by atoms with van der Waals surface area (Å²) in [4.78, 5) is 4.56. The van der Waals surface area contributed by atoms with E-state index in [4.69, 9.17) is 11.6 Å². The van der Waals surface area contributed by atoms with Crippen LogP contribution in [0.2, 0.25) is 5.02 Å². The molecule has 0 unspecified atom stereocenters. The lowest BCUT2D eigenvalue weighted by molar-refractivity contribution is 1.13. The van der Waals surface area contributed by atoms with Crippen molar-refractivity contribution in [2.45, 2.75) is 13.8 Å². The molecule has 0 bridgehead atoms. The van der Waals surface area contributed by atoms with E-state index >= 15 is 0 Å². The third-order valence-electron chi connectivity index (χ3n) is 3.30. The number of hydrogen-bond donors (Lipinski definition) is 0. The Kier molecular flexibility index (Phi) is 2.96. The van der Waals surface area contributed by atoms with Crippen molar-refractivity contribution >= 4 is 17.2 Å². The zero-order valence-corrected chi connectivity index (χ0v) is 11.9. The molecule has 0 aliphatic heterocycles. The van der Waals surface area contributed by atoms with Crippen LogP contribution in [-0.4, -0.2) is 9.38 Å². The normalized spacial score (nSPS) is 10.7. The molecular weight excluding hydrogens is 270 g/mol. The van der Waals surface area contributed by atoms with E-state index in [0.29, 0.717) is 16.4 Å². The van der Waals surface area contributed by atoms with Crippen LogP contribution < -0.4 is 0 Å². The van der Waals surface area contributed by atoms with Crippen LogP contribution >= 0.6 is 11.6 Å². The fourth-order valence-electron chi connectivity index (χ4n) is 2.25. The van der Waals surface area contributed by atoms with Gasteiger partial charge in [-0.25, -0.2) is 4.98 Å². The van der Waals surface area contributed by atoms with Gasteiger partial charge < -0.3 is 0 Å². The largest absolute Gasteiger partial charge is 0.290 e. The van der Waals surface area contributed by atoms with Crippen molar-refractivity contribution in [1.29, 1.82) is 5.26 Å². The highest BCUT2D eigenvalue weighted by molar-refractivity contribution is 6.31. The van der Waals surface area contributed by atoms with Crippen molar-refractivity contribution in [1.82, 2.24) is 9.38 Å². The summed E-state index contributed by atoms with van der Waals surface area (Å²) in [5.74, 6) is 0. The molecule has 0 saturated heterocycles. The first-order valence-corrected chi connectivity index (χ1v) is 6.63. The minimum Gasteiger partial charge on any atom is -0.290 e. The molecule has 0 aliphatic rings. The summed E-state index contributed by atoms with van der Waals surface area (Å²) in [6, 6.07) is 11.8. The zero-order valence-electron chi connectivity index (χ0n) is 11.2. The van der Waals surface area contributed by atoms with Crippen LogP contribution in [0.5, 0.6) is 0 Å². The van der Waals surface area contributed by atoms with Crippen LogP contribution in [0.25, 0.3) is 16.9 Å². The van der Waals surface area contributed by atoms with E-state index in [2.05, 4.69) is 11.1 Å². The number of imidazole rings is 1. The molecule has 0 amide bonds. The van der Waals surface area contributed by atoms with Crippen molar-refractivity contribution in [2.75, 3.05) is 0 Å². The summed E-state index contributed by atoms with van der Waals surface area (Å²) in [5.41, 5.74) is 4.98. The van der Waals surface area contributed by atoms with E-state index in [9.17, 15) is 5.26 Å². The molecule has 0 aliphatic carbocycles. The van der Waals surface area contributed by atoms with Crippen LogP contribution in [-0.2, 0) is 0 Å². The first-order chi connectivity index (χ1) is 9.60. The van der Waals surface area contributed by atoms with Crippen molar-refractivity contribution in [2.24, 2.45) is 0 Å². The third kappa shape index (κ3) is 1.95. The minimum atomic E-state index is 0.547. The molecule has 1 aromatic carbocycles. The second-order valence-corrected chi connectivity index (χ2v) is 5.23. The molecule has 0 atom stereocenters. The predicted octanol–water partition coefficient (Wildman–Crippen LogP) is 4.14. The Bertz CT molecular complexity index is 856. The Hall–Kier alpha value is -2.31. The Morgan fingerprint density at radius 2 is 2.00 bits per heavy atom. The first kappa shape index (κ1) is 12.7. The van der Waals surface area contributed by atoms with Crippen LogP contribution in [0.15, 0.2) is 36.5 Å². The first-order valence-electron chi connectivity index (χ1n) is 6.25. The van der Waals surface area contributed by atoms with E-state index in [1.165, 1.54) is 0 Å². The third-order valence-corrected chi connectivity index (χ3v) is 3.73. The van der Waals surface area contributed by atoms with Gasteiger partial charge in [-0.2, -0.15) is 5.26 Å². The molecule has 3 aromatic rings. The number of fused-ring (bicyclic) bond motifs is 1. The minimum absolute atomic E-state index is 0.547. The van der Waals surface area contributed by atoms with Gasteiger partial charge in [-0.05, 0) is 43.2 Å². The fraction of sp³-hybridized carbons (Fsp3) is 0.125. The van der Waals surface area contributed by atoms with Gasteiger partial charge in [-0.3, -0.25) is 4.40 Å². The van der Waals surface area contributed by atoms with E-state index in [0.717, 1.165) is 22.3 Å². The SMILES string of the molecule is Cc1ccc2nc(-c3ccc(Cl)c(C)c3)c(C#N)n2c1. The number of aromatic nitrogens is 2. The number of rotatable bonds is 1. The average Bonchev–Trinajstić information content (AvgIpc) is 2.79. The zero-order chi connectivity index (χ0) is 14.3. The lowest BCUT2D eigenvalue weighted by Crippen LogP contribution is -1.90. The van der Waals surface area contributed by atoms with Gasteiger partial charge in [0.25, 0.3) is 0 Å². The van der Waals surface area contributed by atoms with Gasteiger partial charge in [0.15, 0.2) is 5.69 Å². The highest BCUT2D eigenvalue weighted by Gasteiger charge is 2.14. The Labute approximate surface area is 122 Å². The van der Waals surface area contributed by atoms with Gasteiger partial charge in [0.05, 0.1) is 0 Å². The summed E-state index contributed by atoms with van der Waals surface area (Å²) in [7, 11) is 0. The van der Waals surface area contributed by atoms with Crippen LogP contribution in [0, 0.1) is 25.2 Å². The Morgan fingerprint density at radius 3 is 2.70 bits per heavy atom. The van der Waals surface area contributed by atoms with Crippen molar-refractivity contribution in [3.05, 3.63) is 58.4 Å². The average molecular weight is 282 g/mol. The van der Waals surface area contributed by atoms with Crippen LogP contribution in [0.4, 0.5) is 0 Å². The molecule has 2 heterocycles. The van der Waals surface area contributed by atoms with Gasteiger partial charge >= 0.3 is 0 Å². The monoisotopic (exact) mass is 281 g/mol. The van der Waals surface area contributed by atoms with E-state index < -0.39 is 0 Å². The summed E-state index contributed by atoms with van der Waals surface area (Å²) in [5, 5.41) is 10.2. The van der Waals surface area contributed by atoms with Gasteiger partial charge in [0.1, 0.15) is 17.4 Å². The maximum absolute atomic E-state index is 9.44. The summed E-state index contributed by atoms with van der Waals surface area (Å²) in [6.07, 6.45) is 1.92. The summed E-state index contributed by atoms with van der Waals surface area (Å²) >= 11 is 6.05. The summed E-state index contributed by atoms with van der Waals surface area (Å²) < 4.78 is 1.83. The topological polar surface area (TPSA) is 41.1 Å². The van der Waals surface area contributed by atoms with Crippen molar-refractivity contribution < 1.29 is 0 Å². The summed E-state index contributed by atoms with van der Waals surface area (Å²) in [6.45, 7) is 3.94. The number of aryl methyl sites for hydroxylation is 2. The molecule has 2 aromatic heterocycles. The molecule has 4 heteroatoms. The molecule has 0 fully saturated rings. The van der Waals surface area contributed by atoms with Gasteiger partial charge in [0, 0.05) is 16.8 Å². The maximum Gasteiger partial charge on any atom is 0.152 e. The number of hydrogen-bond acceptors (Lipinski definition) is 2. The quantitative estimate of drug-likeness (QED) is 0.672. The Balaban J connectivity index is 2.31. The number of pyridine rings is 1. The fourth-order valence-corrected chi connectivity index (χ4v) is 2.37. The van der Waals surface area contributed by atoms with Gasteiger partial charge in [-0.1, -0.05) is 23.7 Å². The maximum atomic E-state index is 9.44. The molecule has 0 saturated carbocycles. The van der Waals surface area contributed by atoms with E-state index in [-0.39, 0.29) is 0 Å².